The molecule has 1 aliphatic heterocycles. The lowest BCUT2D eigenvalue weighted by Gasteiger charge is -2.17. The van der Waals surface area contributed by atoms with Crippen molar-refractivity contribution in [2.45, 2.75) is 39.2 Å². The van der Waals surface area contributed by atoms with E-state index in [1.807, 2.05) is 35.4 Å². The number of amides is 1. The number of nitrogens with zero attached hydrogens (tertiary/aromatic N) is 3. The minimum Gasteiger partial charge on any atom is -0.342 e. The quantitative estimate of drug-likeness (QED) is 0.607. The van der Waals surface area contributed by atoms with E-state index in [0.29, 0.717) is 12.3 Å². The minimum atomic E-state index is 0.278. The first kappa shape index (κ1) is 19.4. The minimum absolute atomic E-state index is 0.278. The van der Waals surface area contributed by atoms with Gasteiger partial charge in [0, 0.05) is 44.4 Å². The fourth-order valence-electron chi connectivity index (χ4n) is 4.19. The van der Waals surface area contributed by atoms with Crippen LogP contribution >= 0.6 is 0 Å². The molecule has 2 aromatic carbocycles. The summed E-state index contributed by atoms with van der Waals surface area (Å²) in [5.74, 6) is 1.90. The third kappa shape index (κ3) is 4.94. The van der Waals surface area contributed by atoms with E-state index >= 15 is 0 Å². The van der Waals surface area contributed by atoms with Gasteiger partial charge < -0.3 is 9.47 Å². The first-order chi connectivity index (χ1) is 14.2. The van der Waals surface area contributed by atoms with Crippen LogP contribution in [0, 0.1) is 12.8 Å². The van der Waals surface area contributed by atoms with Gasteiger partial charge >= 0.3 is 0 Å². The van der Waals surface area contributed by atoms with Crippen molar-refractivity contribution in [1.82, 2.24) is 14.5 Å². The predicted molar refractivity (Wildman–Crippen MR) is 116 cm³/mol. The highest BCUT2D eigenvalue weighted by Crippen LogP contribution is 2.22. The highest BCUT2D eigenvalue weighted by Gasteiger charge is 2.27. The Kier molecular flexibility index (Phi) is 6.09. The van der Waals surface area contributed by atoms with Gasteiger partial charge in [0.15, 0.2) is 0 Å². The highest BCUT2D eigenvalue weighted by atomic mass is 16.2. The molecule has 0 bridgehead atoms. The van der Waals surface area contributed by atoms with E-state index in [4.69, 9.17) is 0 Å². The number of carbonyl (C=O) groups excluding carboxylic acids is 1. The Balaban J connectivity index is 1.33. The molecule has 1 aromatic heterocycles. The largest absolute Gasteiger partial charge is 0.342 e. The lowest BCUT2D eigenvalue weighted by molar-refractivity contribution is -0.130. The van der Waals surface area contributed by atoms with Gasteiger partial charge in [0.2, 0.25) is 5.91 Å². The van der Waals surface area contributed by atoms with E-state index in [1.165, 1.54) is 16.8 Å². The molecule has 4 nitrogen and oxygen atoms in total. The fourth-order valence-corrected chi connectivity index (χ4v) is 4.19. The summed E-state index contributed by atoms with van der Waals surface area (Å²) < 4.78 is 2.31. The van der Waals surface area contributed by atoms with Crippen molar-refractivity contribution in [2.24, 2.45) is 5.92 Å². The zero-order valence-corrected chi connectivity index (χ0v) is 17.1. The average molecular weight is 388 g/mol. The molecule has 1 aliphatic rings. The highest BCUT2D eigenvalue weighted by molar-refractivity contribution is 5.76. The number of hydrogen-bond acceptors (Lipinski definition) is 2. The number of hydrogen-bond donors (Lipinski definition) is 0. The van der Waals surface area contributed by atoms with E-state index in [9.17, 15) is 4.79 Å². The van der Waals surface area contributed by atoms with Crippen molar-refractivity contribution in [3.8, 4) is 0 Å². The van der Waals surface area contributed by atoms with Gasteiger partial charge in [-0.25, -0.2) is 4.98 Å². The normalized spacial score (nSPS) is 16.3. The molecular weight excluding hydrogens is 358 g/mol. The number of aromatic nitrogens is 2. The molecular formula is C25H29N3O. The SMILES string of the molecule is Cc1cnc(CC2CCN(C(=O)CCc3ccccc3)C2)n1Cc1ccccc1. The Hall–Kier alpha value is -2.88. The molecule has 29 heavy (non-hydrogen) atoms. The third-order valence-electron chi connectivity index (χ3n) is 5.90. The topological polar surface area (TPSA) is 38.1 Å². The van der Waals surface area contributed by atoms with E-state index in [-0.39, 0.29) is 5.91 Å². The van der Waals surface area contributed by atoms with Crippen molar-refractivity contribution in [1.29, 1.82) is 0 Å². The van der Waals surface area contributed by atoms with Gasteiger partial charge in [-0.1, -0.05) is 60.7 Å². The zero-order valence-electron chi connectivity index (χ0n) is 17.1. The maximum Gasteiger partial charge on any atom is 0.222 e. The van der Waals surface area contributed by atoms with E-state index in [1.54, 1.807) is 0 Å². The molecule has 1 amide bonds. The molecule has 1 unspecified atom stereocenters. The van der Waals surface area contributed by atoms with Gasteiger partial charge in [0.1, 0.15) is 5.82 Å². The van der Waals surface area contributed by atoms with Gasteiger partial charge in [-0.15, -0.1) is 0 Å². The Morgan fingerprint density at radius 1 is 1.03 bits per heavy atom. The lowest BCUT2D eigenvalue weighted by Crippen LogP contribution is -2.29. The molecule has 4 rings (SSSR count). The van der Waals surface area contributed by atoms with Crippen LogP contribution in [-0.2, 0) is 24.2 Å². The van der Waals surface area contributed by atoms with Crippen molar-refractivity contribution in [3.05, 3.63) is 89.5 Å². The van der Waals surface area contributed by atoms with E-state index in [0.717, 1.165) is 44.7 Å². The van der Waals surface area contributed by atoms with E-state index in [2.05, 4.69) is 52.9 Å². The Morgan fingerprint density at radius 2 is 1.72 bits per heavy atom. The molecule has 1 saturated heterocycles. The number of likely N-dealkylation sites (tertiary alicyclic amines) is 1. The van der Waals surface area contributed by atoms with Gasteiger partial charge in [0.05, 0.1) is 0 Å². The number of aryl methyl sites for hydroxylation is 2. The zero-order chi connectivity index (χ0) is 20.1. The van der Waals surface area contributed by atoms with Crippen LogP contribution in [-0.4, -0.2) is 33.4 Å². The van der Waals surface area contributed by atoms with Crippen LogP contribution in [0.4, 0.5) is 0 Å². The second-order valence-corrected chi connectivity index (χ2v) is 8.07. The maximum absolute atomic E-state index is 12.6. The van der Waals surface area contributed by atoms with Crippen LogP contribution in [0.2, 0.25) is 0 Å². The summed E-state index contributed by atoms with van der Waals surface area (Å²) in [7, 11) is 0. The molecule has 0 spiro atoms. The Labute approximate surface area is 173 Å². The maximum atomic E-state index is 12.6. The lowest BCUT2D eigenvalue weighted by atomic mass is 10.0. The Morgan fingerprint density at radius 3 is 2.45 bits per heavy atom. The molecule has 150 valence electrons. The number of rotatable bonds is 7. The fraction of sp³-hybridized carbons (Fsp3) is 0.360. The predicted octanol–water partition coefficient (Wildman–Crippen LogP) is 4.26. The first-order valence-corrected chi connectivity index (χ1v) is 10.6. The molecule has 3 aromatic rings. The summed E-state index contributed by atoms with van der Waals surface area (Å²) >= 11 is 0. The number of benzene rings is 2. The summed E-state index contributed by atoms with van der Waals surface area (Å²) in [5.41, 5.74) is 3.71. The second kappa shape index (κ2) is 9.08. The molecule has 0 saturated carbocycles. The summed E-state index contributed by atoms with van der Waals surface area (Å²) in [6.45, 7) is 4.70. The van der Waals surface area contributed by atoms with Crippen molar-refractivity contribution < 1.29 is 4.79 Å². The third-order valence-corrected chi connectivity index (χ3v) is 5.90. The van der Waals surface area contributed by atoms with Crippen LogP contribution < -0.4 is 0 Å². The smallest absolute Gasteiger partial charge is 0.222 e. The van der Waals surface area contributed by atoms with Gasteiger partial charge in [-0.3, -0.25) is 4.79 Å². The van der Waals surface area contributed by atoms with Crippen molar-refractivity contribution in [2.75, 3.05) is 13.1 Å². The number of carbonyl (C=O) groups is 1. The molecule has 1 atom stereocenters. The van der Waals surface area contributed by atoms with Crippen LogP contribution in [0.1, 0.15) is 35.5 Å². The van der Waals surface area contributed by atoms with Crippen LogP contribution in [0.3, 0.4) is 0 Å². The van der Waals surface area contributed by atoms with Crippen LogP contribution in [0.15, 0.2) is 66.9 Å². The van der Waals surface area contributed by atoms with Gasteiger partial charge in [0.25, 0.3) is 0 Å². The molecule has 0 N–H and O–H groups in total. The molecule has 1 fully saturated rings. The van der Waals surface area contributed by atoms with Crippen LogP contribution in [0.25, 0.3) is 0 Å². The monoisotopic (exact) mass is 387 g/mol. The van der Waals surface area contributed by atoms with Crippen molar-refractivity contribution >= 4 is 5.91 Å². The summed E-state index contributed by atoms with van der Waals surface area (Å²) in [4.78, 5) is 19.4. The molecule has 2 heterocycles. The van der Waals surface area contributed by atoms with Gasteiger partial charge in [-0.2, -0.15) is 0 Å². The summed E-state index contributed by atoms with van der Waals surface area (Å²) in [6, 6.07) is 20.8. The Bertz CT molecular complexity index is 933. The molecule has 0 aliphatic carbocycles. The van der Waals surface area contributed by atoms with E-state index < -0.39 is 0 Å². The van der Waals surface area contributed by atoms with Gasteiger partial charge in [-0.05, 0) is 36.8 Å². The summed E-state index contributed by atoms with van der Waals surface area (Å²) in [6.07, 6.45) is 5.38. The average Bonchev–Trinajstić information content (AvgIpc) is 3.36. The summed E-state index contributed by atoms with van der Waals surface area (Å²) in [5, 5.41) is 0. The van der Waals surface area contributed by atoms with Crippen LogP contribution in [0.5, 0.6) is 0 Å². The standard InChI is InChI=1S/C25H29N3O/c1-20-17-26-24(28(20)19-22-10-6-3-7-11-22)16-23-14-15-27(18-23)25(29)13-12-21-8-4-2-5-9-21/h2-11,17,23H,12-16,18-19H2,1H3. The van der Waals surface area contributed by atoms with Crippen molar-refractivity contribution in [3.63, 3.8) is 0 Å². The second-order valence-electron chi connectivity index (χ2n) is 8.07. The number of imidazole rings is 1. The molecule has 0 radical (unpaired) electrons. The molecule has 4 heteroatoms. The first-order valence-electron chi connectivity index (χ1n) is 10.6.